The number of pyridine rings is 1. The smallest absolute Gasteiger partial charge is 0.416 e. The number of piperidine rings is 1. The molecule has 2 rings (SSSR count). The molecule has 0 saturated carbocycles. The van der Waals surface area contributed by atoms with Gasteiger partial charge < -0.3 is 4.74 Å². The highest BCUT2D eigenvalue weighted by atomic mass is 16.6. The summed E-state index contributed by atoms with van der Waals surface area (Å²) in [4.78, 5) is 21.2. The molecule has 1 aliphatic heterocycles. The molecule has 0 N–H and O–H groups in total. The van der Waals surface area contributed by atoms with Crippen LogP contribution in [-0.4, -0.2) is 41.7 Å². The van der Waals surface area contributed by atoms with Crippen LogP contribution in [0.25, 0.3) is 0 Å². The average Bonchev–Trinajstić information content (AvgIpc) is 2.51. The number of anilines is 1. The number of hydrogen-bond acceptors (Lipinski definition) is 4. The molecule has 1 fully saturated rings. The van der Waals surface area contributed by atoms with Crippen molar-refractivity contribution in [2.45, 2.75) is 65.5 Å². The van der Waals surface area contributed by atoms with E-state index in [1.165, 1.54) is 24.8 Å². The van der Waals surface area contributed by atoms with E-state index in [1.807, 2.05) is 33.0 Å². The van der Waals surface area contributed by atoms with Gasteiger partial charge in [0.25, 0.3) is 0 Å². The second-order valence-corrected chi connectivity index (χ2v) is 8.43. The minimum absolute atomic E-state index is 0.332. The first kappa shape index (κ1) is 19.7. The lowest BCUT2D eigenvalue weighted by Gasteiger charge is -2.33. The number of rotatable bonds is 4. The molecule has 0 radical (unpaired) electrons. The molecule has 0 spiro atoms. The highest BCUT2D eigenvalue weighted by molar-refractivity contribution is 5.86. The Hall–Kier alpha value is -1.62. The number of hydrogen-bond donors (Lipinski definition) is 0. The highest BCUT2D eigenvalue weighted by Gasteiger charge is 2.26. The molecule has 0 aromatic carbocycles. The molecule has 0 bridgehead atoms. The lowest BCUT2D eigenvalue weighted by Crippen LogP contribution is -2.39. The summed E-state index contributed by atoms with van der Waals surface area (Å²) in [5.41, 5.74) is 0.705. The van der Waals surface area contributed by atoms with Crippen LogP contribution < -0.4 is 4.90 Å². The quantitative estimate of drug-likeness (QED) is 0.796. The molecule has 1 atom stereocenters. The maximum Gasteiger partial charge on any atom is 0.416 e. The number of aromatic nitrogens is 1. The van der Waals surface area contributed by atoms with Gasteiger partial charge >= 0.3 is 6.09 Å². The third-order valence-corrected chi connectivity index (χ3v) is 4.36. The molecular weight excluding hydrogens is 314 g/mol. The van der Waals surface area contributed by atoms with E-state index in [4.69, 9.17) is 4.74 Å². The fraction of sp³-hybridized carbons (Fsp3) is 0.700. The first-order valence-electron chi connectivity index (χ1n) is 9.34. The fourth-order valence-corrected chi connectivity index (χ4v) is 3.19. The first-order valence-corrected chi connectivity index (χ1v) is 9.34. The topological polar surface area (TPSA) is 45.7 Å². The van der Waals surface area contributed by atoms with Crippen molar-refractivity contribution in [2.75, 3.05) is 25.0 Å². The maximum atomic E-state index is 12.6. The minimum Gasteiger partial charge on any atom is -0.443 e. The molecule has 1 aromatic rings. The number of carbonyl (C=O) groups is 1. The summed E-state index contributed by atoms with van der Waals surface area (Å²) < 4.78 is 5.56. The van der Waals surface area contributed by atoms with Crippen LogP contribution in [0.1, 0.15) is 65.5 Å². The standard InChI is InChI=1S/C20H33N3O2/c1-15(2)14-23(19(24)25-20(3,4)5)18-11-10-16(13-21-18)17-9-7-8-12-22(17)6/h10-11,13,15,17H,7-9,12,14H2,1-6H3/t17-/m1/s1. The van der Waals surface area contributed by atoms with Gasteiger partial charge in [-0.25, -0.2) is 9.78 Å². The second kappa shape index (κ2) is 8.17. The molecule has 5 nitrogen and oxygen atoms in total. The van der Waals surface area contributed by atoms with E-state index in [0.29, 0.717) is 24.3 Å². The largest absolute Gasteiger partial charge is 0.443 e. The zero-order chi connectivity index (χ0) is 18.6. The van der Waals surface area contributed by atoms with Crippen molar-refractivity contribution in [2.24, 2.45) is 5.92 Å². The van der Waals surface area contributed by atoms with Gasteiger partial charge in [-0.05, 0) is 64.8 Å². The van der Waals surface area contributed by atoms with Crippen LogP contribution in [0.4, 0.5) is 10.6 Å². The van der Waals surface area contributed by atoms with Gasteiger partial charge in [-0.1, -0.05) is 26.3 Å². The number of amides is 1. The molecule has 5 heteroatoms. The Labute approximate surface area is 152 Å². The van der Waals surface area contributed by atoms with E-state index >= 15 is 0 Å². The van der Waals surface area contributed by atoms with Gasteiger partial charge in [-0.2, -0.15) is 0 Å². The van der Waals surface area contributed by atoms with Crippen molar-refractivity contribution in [3.05, 3.63) is 23.9 Å². The van der Waals surface area contributed by atoms with Gasteiger partial charge in [-0.3, -0.25) is 9.80 Å². The summed E-state index contributed by atoms with van der Waals surface area (Å²) in [7, 11) is 2.17. The Bertz CT molecular complexity index is 563. The zero-order valence-corrected chi connectivity index (χ0v) is 16.6. The van der Waals surface area contributed by atoms with Crippen LogP contribution in [0.15, 0.2) is 18.3 Å². The van der Waals surface area contributed by atoms with Crippen LogP contribution in [0.5, 0.6) is 0 Å². The summed E-state index contributed by atoms with van der Waals surface area (Å²) in [5, 5.41) is 0. The molecule has 1 aromatic heterocycles. The Balaban J connectivity index is 2.18. The molecule has 0 aliphatic carbocycles. The first-order chi connectivity index (χ1) is 11.7. The summed E-state index contributed by atoms with van der Waals surface area (Å²) in [6.45, 7) is 11.5. The minimum atomic E-state index is -0.517. The lowest BCUT2D eigenvalue weighted by atomic mass is 9.97. The summed E-state index contributed by atoms with van der Waals surface area (Å²) in [6.07, 6.45) is 5.27. The predicted molar refractivity (Wildman–Crippen MR) is 102 cm³/mol. The Kier molecular flexibility index (Phi) is 6.44. The monoisotopic (exact) mass is 347 g/mol. The van der Waals surface area contributed by atoms with Crippen LogP contribution >= 0.6 is 0 Å². The summed E-state index contributed by atoms with van der Waals surface area (Å²) in [5.74, 6) is 0.989. The van der Waals surface area contributed by atoms with E-state index in [9.17, 15) is 4.79 Å². The van der Waals surface area contributed by atoms with Gasteiger partial charge in [0.1, 0.15) is 11.4 Å². The third-order valence-electron chi connectivity index (χ3n) is 4.36. The Morgan fingerprint density at radius 2 is 2.08 bits per heavy atom. The predicted octanol–water partition coefficient (Wildman–Crippen LogP) is 4.64. The van der Waals surface area contributed by atoms with Gasteiger partial charge in [0.15, 0.2) is 0 Å². The normalized spacial score (nSPS) is 19.1. The maximum absolute atomic E-state index is 12.6. The fourth-order valence-electron chi connectivity index (χ4n) is 3.19. The molecule has 1 amide bonds. The number of ether oxygens (including phenoxy) is 1. The van der Waals surface area contributed by atoms with E-state index in [1.54, 1.807) is 4.90 Å². The molecule has 1 saturated heterocycles. The lowest BCUT2D eigenvalue weighted by molar-refractivity contribution is 0.0575. The molecule has 0 unspecified atom stereocenters. The molecular formula is C20H33N3O2. The molecule has 1 aliphatic rings. The van der Waals surface area contributed by atoms with Crippen molar-refractivity contribution in [3.63, 3.8) is 0 Å². The average molecular weight is 348 g/mol. The van der Waals surface area contributed by atoms with Crippen LogP contribution in [0.2, 0.25) is 0 Å². The van der Waals surface area contributed by atoms with Crippen molar-refractivity contribution in [1.82, 2.24) is 9.88 Å². The SMILES string of the molecule is CC(C)CN(C(=O)OC(C)(C)C)c1ccc([C@H]2CCCCN2C)cn1. The van der Waals surface area contributed by atoms with E-state index in [0.717, 1.165) is 6.54 Å². The van der Waals surface area contributed by atoms with Crippen molar-refractivity contribution in [1.29, 1.82) is 0 Å². The van der Waals surface area contributed by atoms with E-state index in [2.05, 4.69) is 36.8 Å². The second-order valence-electron chi connectivity index (χ2n) is 8.43. The van der Waals surface area contributed by atoms with Crippen molar-refractivity contribution < 1.29 is 9.53 Å². The zero-order valence-electron chi connectivity index (χ0n) is 16.6. The van der Waals surface area contributed by atoms with Crippen LogP contribution in [0.3, 0.4) is 0 Å². The van der Waals surface area contributed by atoms with Crippen LogP contribution in [0, 0.1) is 5.92 Å². The van der Waals surface area contributed by atoms with Gasteiger partial charge in [0.2, 0.25) is 0 Å². The summed E-state index contributed by atoms with van der Waals surface area (Å²) >= 11 is 0. The Morgan fingerprint density at radius 1 is 1.36 bits per heavy atom. The molecule has 2 heterocycles. The molecule has 140 valence electrons. The number of carbonyl (C=O) groups excluding carboxylic acids is 1. The van der Waals surface area contributed by atoms with Gasteiger partial charge in [-0.15, -0.1) is 0 Å². The van der Waals surface area contributed by atoms with Crippen molar-refractivity contribution in [3.8, 4) is 0 Å². The third kappa shape index (κ3) is 5.70. The summed E-state index contributed by atoms with van der Waals surface area (Å²) in [6, 6.07) is 4.48. The van der Waals surface area contributed by atoms with Crippen LogP contribution in [-0.2, 0) is 4.74 Å². The van der Waals surface area contributed by atoms with Gasteiger partial charge in [0.05, 0.1) is 0 Å². The highest BCUT2D eigenvalue weighted by Crippen LogP contribution is 2.30. The molecule has 25 heavy (non-hydrogen) atoms. The number of likely N-dealkylation sites (tertiary alicyclic amines) is 1. The number of nitrogens with zero attached hydrogens (tertiary/aromatic N) is 3. The van der Waals surface area contributed by atoms with Crippen molar-refractivity contribution >= 4 is 11.9 Å². The van der Waals surface area contributed by atoms with Gasteiger partial charge in [0, 0.05) is 18.8 Å². The Morgan fingerprint density at radius 3 is 2.60 bits per heavy atom. The van der Waals surface area contributed by atoms with E-state index < -0.39 is 5.60 Å². The van der Waals surface area contributed by atoms with E-state index in [-0.39, 0.29) is 6.09 Å².